The van der Waals surface area contributed by atoms with Gasteiger partial charge in [0.25, 0.3) is 0 Å². The van der Waals surface area contributed by atoms with Crippen molar-refractivity contribution in [1.29, 1.82) is 0 Å². The van der Waals surface area contributed by atoms with E-state index in [1.807, 2.05) is 0 Å². The van der Waals surface area contributed by atoms with E-state index in [2.05, 4.69) is 17.1 Å². The van der Waals surface area contributed by atoms with Gasteiger partial charge in [-0.25, -0.2) is 18.2 Å². The van der Waals surface area contributed by atoms with E-state index in [1.165, 1.54) is 6.07 Å². The van der Waals surface area contributed by atoms with Crippen molar-refractivity contribution >= 4 is 16.9 Å². The number of ether oxygens (including phenoxy) is 1. The molecule has 4 nitrogen and oxygen atoms in total. The predicted octanol–water partition coefficient (Wildman–Crippen LogP) is 2.23. The molecule has 0 spiro atoms. The minimum atomic E-state index is -0.271. The molecule has 1 aromatic heterocycles. The molecule has 0 amide bonds. The fraction of sp³-hybridized carbons (Fsp3) is 0.286. The number of phenolic OH excluding ortho intramolecular Hbond substituents is 1. The van der Waals surface area contributed by atoms with Crippen LogP contribution in [0.4, 0.5) is 0 Å². The molecule has 2 aromatic rings. The van der Waals surface area contributed by atoms with Crippen LogP contribution in [0.15, 0.2) is 18.2 Å². The van der Waals surface area contributed by atoms with Crippen LogP contribution >= 0.6 is 0 Å². The number of benzene rings is 1. The van der Waals surface area contributed by atoms with Gasteiger partial charge in [-0.1, -0.05) is 19.4 Å². The Kier molecular flexibility index (Phi) is 9.24. The van der Waals surface area contributed by atoms with Gasteiger partial charge in [0.2, 0.25) is 0 Å². The van der Waals surface area contributed by atoms with Crippen LogP contribution in [-0.2, 0) is 81.6 Å². The molecule has 0 unspecified atom stereocenters. The zero-order chi connectivity index (χ0) is 13.1. The molecule has 2 rings (SSSR count). The van der Waals surface area contributed by atoms with Gasteiger partial charge in [0.05, 0.1) is 5.92 Å². The molecule has 1 heterocycles. The molecule has 0 aliphatic rings. The minimum Gasteiger partial charge on any atom is -0.544 e. The third-order valence-corrected chi connectivity index (χ3v) is 2.45. The quantitative estimate of drug-likeness (QED) is 0.611. The second kappa shape index (κ2) is 9.19. The van der Waals surface area contributed by atoms with E-state index >= 15 is 0 Å². The van der Waals surface area contributed by atoms with Gasteiger partial charge in [-0.2, -0.15) is 0 Å². The number of phenols is 1. The first-order valence-corrected chi connectivity index (χ1v) is 5.65. The van der Waals surface area contributed by atoms with Crippen molar-refractivity contribution in [3.05, 3.63) is 36.0 Å². The summed E-state index contributed by atoms with van der Waals surface area (Å²) in [4.78, 5) is 15.6. The third-order valence-electron chi connectivity index (χ3n) is 2.45. The molecule has 100 valence electrons. The number of carbonyl (C=O) groups is 1. The second-order valence-corrected chi connectivity index (χ2v) is 4.24. The number of esters is 1. The van der Waals surface area contributed by atoms with Crippen molar-refractivity contribution in [1.82, 2.24) is 4.98 Å². The Labute approximate surface area is 168 Å². The van der Waals surface area contributed by atoms with E-state index in [-0.39, 0.29) is 89.7 Å². The fourth-order valence-electron chi connectivity index (χ4n) is 1.44. The topological polar surface area (TPSA) is 59.4 Å². The van der Waals surface area contributed by atoms with Gasteiger partial charge in [-0.15, -0.1) is 6.07 Å². The predicted molar refractivity (Wildman–Crippen MR) is 65.7 cm³/mol. The normalized spacial score (nSPS) is 9.75. The first-order chi connectivity index (χ1) is 8.58. The number of fused-ring (bicyclic) bond motifs is 1. The van der Waals surface area contributed by atoms with E-state index < -0.39 is 0 Å². The SMILES string of the molecule is CC(C)C(=O)OCc1ccc2[c-]c[c-]c(O)c2n1.[Y].[Y]. The van der Waals surface area contributed by atoms with Crippen LogP contribution in [-0.4, -0.2) is 16.1 Å². The van der Waals surface area contributed by atoms with Gasteiger partial charge in [0.15, 0.2) is 0 Å². The van der Waals surface area contributed by atoms with Crippen LogP contribution in [0.2, 0.25) is 0 Å². The van der Waals surface area contributed by atoms with Gasteiger partial charge >= 0.3 is 5.97 Å². The molecule has 0 aliphatic heterocycles. The molecular formula is C14H13NO3Y2-2. The molecule has 0 bridgehead atoms. The zero-order valence-electron chi connectivity index (χ0n) is 11.4. The Hall–Kier alpha value is 0.108. The molecule has 20 heavy (non-hydrogen) atoms. The van der Waals surface area contributed by atoms with Gasteiger partial charge < -0.3 is 14.8 Å². The van der Waals surface area contributed by atoms with Crippen molar-refractivity contribution in [2.24, 2.45) is 5.92 Å². The maximum absolute atomic E-state index is 11.3. The van der Waals surface area contributed by atoms with Gasteiger partial charge in [-0.05, 0) is 5.75 Å². The minimum absolute atomic E-state index is 0. The number of hydrogen-bond donors (Lipinski definition) is 1. The molecule has 2 radical (unpaired) electrons. The summed E-state index contributed by atoms with van der Waals surface area (Å²) in [5.74, 6) is -0.464. The summed E-state index contributed by atoms with van der Waals surface area (Å²) < 4.78 is 5.07. The van der Waals surface area contributed by atoms with Crippen molar-refractivity contribution in [2.45, 2.75) is 20.5 Å². The van der Waals surface area contributed by atoms with E-state index in [9.17, 15) is 9.90 Å². The van der Waals surface area contributed by atoms with Crippen LogP contribution in [0, 0.1) is 18.1 Å². The van der Waals surface area contributed by atoms with Gasteiger partial charge in [0.1, 0.15) is 6.61 Å². The van der Waals surface area contributed by atoms with Gasteiger partial charge in [0, 0.05) is 71.1 Å². The fourth-order valence-corrected chi connectivity index (χ4v) is 1.44. The zero-order valence-corrected chi connectivity index (χ0v) is 17.1. The summed E-state index contributed by atoms with van der Waals surface area (Å²) >= 11 is 0. The molecule has 0 saturated carbocycles. The van der Waals surface area contributed by atoms with Crippen molar-refractivity contribution in [3.8, 4) is 5.75 Å². The Bertz CT molecular complexity index is 588. The number of aromatic hydroxyl groups is 1. The summed E-state index contributed by atoms with van der Waals surface area (Å²) in [6.07, 6.45) is 0. The van der Waals surface area contributed by atoms with Crippen molar-refractivity contribution in [2.75, 3.05) is 0 Å². The first-order valence-electron chi connectivity index (χ1n) is 5.65. The molecule has 0 fully saturated rings. The number of pyridine rings is 1. The number of hydrogen-bond acceptors (Lipinski definition) is 4. The maximum Gasteiger partial charge on any atom is 0.308 e. The van der Waals surface area contributed by atoms with E-state index in [0.29, 0.717) is 16.6 Å². The largest absolute Gasteiger partial charge is 0.544 e. The third kappa shape index (κ3) is 5.14. The number of carbonyl (C=O) groups excluding carboxylic acids is 1. The maximum atomic E-state index is 11.3. The number of aromatic nitrogens is 1. The molecule has 0 aliphatic carbocycles. The van der Waals surface area contributed by atoms with Crippen LogP contribution in [0.1, 0.15) is 19.5 Å². The molecule has 0 saturated heterocycles. The van der Waals surface area contributed by atoms with Gasteiger partial charge in [-0.3, -0.25) is 16.2 Å². The summed E-state index contributed by atoms with van der Waals surface area (Å²) in [6, 6.07) is 10.6. The summed E-state index contributed by atoms with van der Waals surface area (Å²) in [5.41, 5.74) is 0.996. The van der Waals surface area contributed by atoms with Crippen LogP contribution in [0.5, 0.6) is 5.75 Å². The van der Waals surface area contributed by atoms with Crippen LogP contribution in [0.3, 0.4) is 0 Å². The first kappa shape index (κ1) is 20.1. The van der Waals surface area contributed by atoms with Crippen molar-refractivity contribution < 1.29 is 80.1 Å². The Morgan fingerprint density at radius 1 is 1.35 bits per heavy atom. The molecule has 1 N–H and O–H groups in total. The average Bonchev–Trinajstić information content (AvgIpc) is 2.36. The molecular weight excluding hydrogens is 408 g/mol. The summed E-state index contributed by atoms with van der Waals surface area (Å²) in [7, 11) is 0. The second-order valence-electron chi connectivity index (χ2n) is 4.24. The molecule has 0 atom stereocenters. The monoisotopic (exact) mass is 421 g/mol. The Morgan fingerprint density at radius 2 is 2.05 bits per heavy atom. The smallest absolute Gasteiger partial charge is 0.308 e. The Balaban J connectivity index is 0.00000180. The van der Waals surface area contributed by atoms with E-state index in [0.717, 1.165) is 0 Å². The summed E-state index contributed by atoms with van der Waals surface area (Å²) in [6.45, 7) is 3.64. The Morgan fingerprint density at radius 3 is 2.70 bits per heavy atom. The average molecular weight is 421 g/mol. The molecule has 1 aromatic carbocycles. The van der Waals surface area contributed by atoms with Crippen LogP contribution in [0.25, 0.3) is 10.9 Å². The number of nitrogens with zero attached hydrogens (tertiary/aromatic N) is 1. The number of rotatable bonds is 3. The van der Waals surface area contributed by atoms with Crippen molar-refractivity contribution in [3.63, 3.8) is 0 Å². The summed E-state index contributed by atoms with van der Waals surface area (Å²) in [5, 5.41) is 10.3. The molecule has 6 heteroatoms. The van der Waals surface area contributed by atoms with Crippen LogP contribution < -0.4 is 0 Å². The van der Waals surface area contributed by atoms with E-state index in [4.69, 9.17) is 4.74 Å². The van der Waals surface area contributed by atoms with E-state index in [1.54, 1.807) is 26.0 Å². The standard InChI is InChI=1S/C14H13NO3.2Y/c1-9(2)14(17)18-8-11-7-6-10-4-3-5-12(16)13(10)15-11;;/h3,6-7,9,16H,8H2,1-2H3;;/q-2;;.